The van der Waals surface area contributed by atoms with Crippen molar-refractivity contribution in [2.45, 2.75) is 12.2 Å². The maximum atomic E-state index is 12.9. The number of hydrogen-bond acceptors (Lipinski definition) is 2. The monoisotopic (exact) mass is 414 g/mol. The zero-order valence-electron chi connectivity index (χ0n) is 15.8. The van der Waals surface area contributed by atoms with Crippen molar-refractivity contribution in [2.24, 2.45) is 0 Å². The van der Waals surface area contributed by atoms with Gasteiger partial charge in [0, 0.05) is 24.2 Å². The molecule has 0 aliphatic carbocycles. The van der Waals surface area contributed by atoms with Gasteiger partial charge in [-0.3, -0.25) is 4.79 Å². The maximum absolute atomic E-state index is 12.9. The summed E-state index contributed by atoms with van der Waals surface area (Å²) in [5.74, 6) is -1.84. The smallest absolute Gasteiger partial charge is 0.367 e. The first-order valence-electron chi connectivity index (χ1n) is 9.33. The Morgan fingerprint density at radius 2 is 1.67 bits per heavy atom. The number of halogens is 4. The third-order valence-corrected chi connectivity index (χ3v) is 5.19. The summed E-state index contributed by atoms with van der Waals surface area (Å²) in [6.07, 6.45) is -4.38. The molecular formula is C23H18F4N2O. The van der Waals surface area contributed by atoms with Crippen molar-refractivity contribution in [3.63, 3.8) is 0 Å². The molecule has 1 fully saturated rings. The largest absolute Gasteiger partial charge is 0.416 e. The number of hydrogen-bond donors (Lipinski definition) is 1. The average molecular weight is 414 g/mol. The summed E-state index contributed by atoms with van der Waals surface area (Å²) in [5, 5.41) is 4.52. The third kappa shape index (κ3) is 3.87. The van der Waals surface area contributed by atoms with Crippen LogP contribution in [0, 0.1) is 0 Å². The number of rotatable bonds is 4. The van der Waals surface area contributed by atoms with Crippen molar-refractivity contribution in [1.29, 1.82) is 0 Å². The van der Waals surface area contributed by atoms with E-state index in [4.69, 9.17) is 0 Å². The van der Waals surface area contributed by atoms with E-state index in [1.54, 1.807) is 0 Å². The highest BCUT2D eigenvalue weighted by atomic mass is 19.4. The quantitative estimate of drug-likeness (QED) is 0.463. The SMILES string of the molecule is C=C(F)C(=O)NC1CN(c2cc(-c3ccc(C(F)(F)F)cc3)cc3ccccc23)C1. The lowest BCUT2D eigenvalue weighted by Crippen LogP contribution is -2.59. The molecule has 0 unspecified atom stereocenters. The molecule has 1 aliphatic rings. The van der Waals surface area contributed by atoms with Gasteiger partial charge >= 0.3 is 6.18 Å². The molecule has 0 atom stereocenters. The van der Waals surface area contributed by atoms with Crippen LogP contribution in [-0.2, 0) is 11.0 Å². The Kier molecular flexibility index (Phi) is 4.97. The third-order valence-electron chi connectivity index (χ3n) is 5.19. The second-order valence-corrected chi connectivity index (χ2v) is 7.27. The zero-order valence-corrected chi connectivity index (χ0v) is 15.8. The minimum atomic E-state index is -4.38. The van der Waals surface area contributed by atoms with Crippen LogP contribution in [-0.4, -0.2) is 25.0 Å². The first-order chi connectivity index (χ1) is 14.2. The first kappa shape index (κ1) is 19.9. The van der Waals surface area contributed by atoms with Gasteiger partial charge in [-0.1, -0.05) is 43.0 Å². The molecule has 30 heavy (non-hydrogen) atoms. The van der Waals surface area contributed by atoms with E-state index in [1.807, 2.05) is 41.3 Å². The molecule has 0 saturated carbocycles. The van der Waals surface area contributed by atoms with E-state index >= 15 is 0 Å². The van der Waals surface area contributed by atoms with E-state index in [2.05, 4.69) is 11.9 Å². The lowest BCUT2D eigenvalue weighted by Gasteiger charge is -2.42. The standard InChI is InChI=1S/C23H18F4N2O/c1-14(24)22(30)28-19-12-29(13-19)21-11-17(10-16-4-2-3-5-20(16)21)15-6-8-18(9-7-15)23(25,26)27/h2-11,19H,1,12-13H2,(H,28,30). The molecule has 3 aromatic carbocycles. The lowest BCUT2D eigenvalue weighted by molar-refractivity contribution is -0.137. The van der Waals surface area contributed by atoms with Gasteiger partial charge in [-0.25, -0.2) is 4.39 Å². The van der Waals surface area contributed by atoms with Gasteiger partial charge in [0.05, 0.1) is 11.6 Å². The summed E-state index contributed by atoms with van der Waals surface area (Å²) in [4.78, 5) is 13.5. The van der Waals surface area contributed by atoms with E-state index < -0.39 is 23.5 Å². The van der Waals surface area contributed by atoms with Crippen LogP contribution in [0.2, 0.25) is 0 Å². The van der Waals surface area contributed by atoms with Gasteiger partial charge < -0.3 is 10.2 Å². The number of fused-ring (bicyclic) bond motifs is 1. The lowest BCUT2D eigenvalue weighted by atomic mass is 9.96. The van der Waals surface area contributed by atoms with E-state index in [9.17, 15) is 22.4 Å². The van der Waals surface area contributed by atoms with Gasteiger partial charge in [0.15, 0.2) is 5.83 Å². The minimum absolute atomic E-state index is 0.196. The first-order valence-corrected chi connectivity index (χ1v) is 9.33. The average Bonchev–Trinajstić information content (AvgIpc) is 2.69. The van der Waals surface area contributed by atoms with Crippen LogP contribution < -0.4 is 10.2 Å². The topological polar surface area (TPSA) is 32.3 Å². The summed E-state index contributed by atoms with van der Waals surface area (Å²) in [6, 6.07) is 16.5. The number of benzene rings is 3. The number of alkyl halides is 3. The number of carbonyl (C=O) groups excluding carboxylic acids is 1. The number of anilines is 1. The van der Waals surface area contributed by atoms with Crippen molar-refractivity contribution < 1.29 is 22.4 Å². The summed E-state index contributed by atoms with van der Waals surface area (Å²) in [7, 11) is 0. The summed E-state index contributed by atoms with van der Waals surface area (Å²) >= 11 is 0. The Morgan fingerprint density at radius 1 is 1.00 bits per heavy atom. The molecule has 7 heteroatoms. The van der Waals surface area contributed by atoms with Crippen LogP contribution in [0.15, 0.2) is 73.1 Å². The fourth-order valence-corrected chi connectivity index (χ4v) is 3.60. The Bertz CT molecular complexity index is 1120. The van der Waals surface area contributed by atoms with Crippen molar-refractivity contribution in [3.8, 4) is 11.1 Å². The second kappa shape index (κ2) is 7.48. The molecule has 3 nitrogen and oxygen atoms in total. The molecule has 0 aromatic heterocycles. The Labute approximate surface area is 170 Å². The number of nitrogens with zero attached hydrogens (tertiary/aromatic N) is 1. The molecule has 1 saturated heterocycles. The van der Waals surface area contributed by atoms with Crippen LogP contribution in [0.1, 0.15) is 5.56 Å². The van der Waals surface area contributed by atoms with Crippen LogP contribution in [0.4, 0.5) is 23.2 Å². The minimum Gasteiger partial charge on any atom is -0.367 e. The molecule has 1 heterocycles. The Morgan fingerprint density at radius 3 is 2.30 bits per heavy atom. The fraction of sp³-hybridized carbons (Fsp3) is 0.174. The van der Waals surface area contributed by atoms with Gasteiger partial charge in [0.25, 0.3) is 5.91 Å². The Balaban J connectivity index is 1.64. The molecular weight excluding hydrogens is 396 g/mol. The molecule has 3 aromatic rings. The van der Waals surface area contributed by atoms with E-state index in [0.29, 0.717) is 18.7 Å². The highest BCUT2D eigenvalue weighted by Crippen LogP contribution is 2.36. The van der Waals surface area contributed by atoms with Gasteiger partial charge in [-0.05, 0) is 40.8 Å². The van der Waals surface area contributed by atoms with Crippen LogP contribution >= 0.6 is 0 Å². The molecule has 1 N–H and O–H groups in total. The number of nitrogens with one attached hydrogen (secondary N) is 1. The highest BCUT2D eigenvalue weighted by Gasteiger charge is 2.31. The van der Waals surface area contributed by atoms with Crippen LogP contribution in [0.3, 0.4) is 0 Å². The molecule has 0 spiro atoms. The number of carbonyl (C=O) groups is 1. The van der Waals surface area contributed by atoms with Crippen LogP contribution in [0.5, 0.6) is 0 Å². The van der Waals surface area contributed by atoms with Gasteiger partial charge in [0.2, 0.25) is 0 Å². The molecule has 154 valence electrons. The normalized spacial score (nSPS) is 14.5. The molecule has 0 radical (unpaired) electrons. The number of amides is 1. The molecule has 1 amide bonds. The molecule has 0 bridgehead atoms. The summed E-state index contributed by atoms with van der Waals surface area (Å²) in [5.41, 5.74) is 1.69. The van der Waals surface area contributed by atoms with E-state index in [1.165, 1.54) is 12.1 Å². The van der Waals surface area contributed by atoms with Gasteiger partial charge in [0.1, 0.15) is 0 Å². The van der Waals surface area contributed by atoms with Crippen molar-refractivity contribution in [1.82, 2.24) is 5.32 Å². The Hall–Kier alpha value is -3.35. The van der Waals surface area contributed by atoms with Gasteiger partial charge in [-0.15, -0.1) is 0 Å². The maximum Gasteiger partial charge on any atom is 0.416 e. The molecule has 1 aliphatic heterocycles. The van der Waals surface area contributed by atoms with Crippen LogP contribution in [0.25, 0.3) is 21.9 Å². The predicted octanol–water partition coefficient (Wildman–Crippen LogP) is 5.31. The fourth-order valence-electron chi connectivity index (χ4n) is 3.60. The summed E-state index contributed by atoms with van der Waals surface area (Å²) in [6.45, 7) is 3.99. The van der Waals surface area contributed by atoms with Crippen molar-refractivity contribution in [2.75, 3.05) is 18.0 Å². The van der Waals surface area contributed by atoms with E-state index in [-0.39, 0.29) is 6.04 Å². The zero-order chi connectivity index (χ0) is 21.5. The van der Waals surface area contributed by atoms with Crippen molar-refractivity contribution in [3.05, 3.63) is 78.6 Å². The van der Waals surface area contributed by atoms with Gasteiger partial charge in [-0.2, -0.15) is 13.2 Å². The predicted molar refractivity (Wildman–Crippen MR) is 109 cm³/mol. The van der Waals surface area contributed by atoms with Crippen molar-refractivity contribution >= 4 is 22.4 Å². The highest BCUT2D eigenvalue weighted by molar-refractivity contribution is 5.98. The molecule has 4 rings (SSSR count). The van der Waals surface area contributed by atoms with E-state index in [0.717, 1.165) is 34.2 Å². The summed E-state index contributed by atoms with van der Waals surface area (Å²) < 4.78 is 51.5. The second-order valence-electron chi connectivity index (χ2n) is 7.27.